The smallest absolute Gasteiger partial charge is 0.0804 e. The van der Waals surface area contributed by atoms with Crippen LogP contribution in [0.25, 0.3) is 0 Å². The maximum absolute atomic E-state index is 4.29. The van der Waals surface area contributed by atoms with Crippen LogP contribution >= 0.6 is 12.4 Å². The summed E-state index contributed by atoms with van der Waals surface area (Å²) in [5.41, 5.74) is 2.29. The molecule has 2 aliphatic rings. The Morgan fingerprint density at radius 1 is 1.40 bits per heavy atom. The Hall–Kier alpha value is -0.630. The minimum atomic E-state index is 0. The van der Waals surface area contributed by atoms with Gasteiger partial charge in [-0.25, -0.2) is 0 Å². The predicted octanol–water partition coefficient (Wildman–Crippen LogP) is 1.61. The highest BCUT2D eigenvalue weighted by molar-refractivity contribution is 6.48. The fourth-order valence-electron chi connectivity index (χ4n) is 1.14. The van der Waals surface area contributed by atoms with Gasteiger partial charge in [0.05, 0.1) is 11.4 Å². The Kier molecular flexibility index (Phi) is 2.22. The van der Waals surface area contributed by atoms with Crippen molar-refractivity contribution in [3.63, 3.8) is 0 Å². The van der Waals surface area contributed by atoms with E-state index in [0.29, 0.717) is 0 Å². The molecule has 0 aromatic rings. The molecular formula is C7H9ClN2. The molecule has 10 heavy (non-hydrogen) atoms. The van der Waals surface area contributed by atoms with Crippen molar-refractivity contribution in [2.24, 2.45) is 9.98 Å². The van der Waals surface area contributed by atoms with Crippen LogP contribution in [0.3, 0.4) is 0 Å². The zero-order valence-corrected chi connectivity index (χ0v) is 6.40. The van der Waals surface area contributed by atoms with E-state index in [-0.39, 0.29) is 12.4 Å². The highest BCUT2D eigenvalue weighted by Gasteiger charge is 2.12. The van der Waals surface area contributed by atoms with Crippen molar-refractivity contribution in [1.29, 1.82) is 0 Å². The van der Waals surface area contributed by atoms with Crippen LogP contribution in [0.2, 0.25) is 0 Å². The zero-order valence-electron chi connectivity index (χ0n) is 5.58. The standard InChI is InChI=1S/C7H8N2.ClH/c1-2-6-7(8-4-1)3-5-9-6;/h3,5H,1-2,4H2;1H. The van der Waals surface area contributed by atoms with Gasteiger partial charge in [-0.2, -0.15) is 0 Å². The largest absolute Gasteiger partial charge is 0.283 e. The zero-order chi connectivity index (χ0) is 6.10. The van der Waals surface area contributed by atoms with E-state index in [0.717, 1.165) is 18.7 Å². The first-order valence-electron chi connectivity index (χ1n) is 3.25. The van der Waals surface area contributed by atoms with Gasteiger partial charge in [0.25, 0.3) is 0 Å². The molecule has 0 fully saturated rings. The van der Waals surface area contributed by atoms with Crippen LogP contribution in [0.4, 0.5) is 0 Å². The summed E-state index contributed by atoms with van der Waals surface area (Å²) in [6.07, 6.45) is 6.10. The number of hydrogen-bond acceptors (Lipinski definition) is 2. The third-order valence-corrected chi connectivity index (χ3v) is 1.61. The minimum Gasteiger partial charge on any atom is -0.283 e. The summed E-state index contributed by atoms with van der Waals surface area (Å²) in [5.74, 6) is 0. The minimum absolute atomic E-state index is 0. The quantitative estimate of drug-likeness (QED) is 0.509. The molecule has 2 nitrogen and oxygen atoms in total. The second-order valence-corrected chi connectivity index (χ2v) is 2.26. The Labute approximate surface area is 66.2 Å². The molecule has 3 heteroatoms. The summed E-state index contributed by atoms with van der Waals surface area (Å²) in [4.78, 5) is 8.45. The van der Waals surface area contributed by atoms with E-state index in [9.17, 15) is 0 Å². The highest BCUT2D eigenvalue weighted by atomic mass is 35.5. The molecule has 2 heterocycles. The van der Waals surface area contributed by atoms with Crippen LogP contribution < -0.4 is 0 Å². The molecular weight excluding hydrogens is 148 g/mol. The monoisotopic (exact) mass is 156 g/mol. The first-order chi connectivity index (χ1) is 4.47. The number of aliphatic imine (C=N–C) groups is 2. The molecule has 0 saturated carbocycles. The van der Waals surface area contributed by atoms with Gasteiger partial charge in [-0.1, -0.05) is 0 Å². The average Bonchev–Trinajstić information content (AvgIpc) is 2.33. The first kappa shape index (κ1) is 7.48. The fourth-order valence-corrected chi connectivity index (χ4v) is 1.14. The molecule has 0 saturated heterocycles. The van der Waals surface area contributed by atoms with Crippen LogP contribution in [0.5, 0.6) is 0 Å². The van der Waals surface area contributed by atoms with Crippen LogP contribution in [0, 0.1) is 0 Å². The van der Waals surface area contributed by atoms with E-state index in [4.69, 9.17) is 0 Å². The van der Waals surface area contributed by atoms with Crippen molar-refractivity contribution in [3.05, 3.63) is 12.3 Å². The van der Waals surface area contributed by atoms with E-state index in [1.165, 1.54) is 12.1 Å². The lowest BCUT2D eigenvalue weighted by molar-refractivity contribution is 0.868. The Bertz CT molecular complexity index is 216. The third kappa shape index (κ3) is 1.12. The number of hydrogen-bond donors (Lipinski definition) is 0. The van der Waals surface area contributed by atoms with Crippen molar-refractivity contribution in [3.8, 4) is 0 Å². The fraction of sp³-hybridized carbons (Fsp3) is 0.429. The molecule has 0 bridgehead atoms. The van der Waals surface area contributed by atoms with Crippen LogP contribution in [-0.4, -0.2) is 18.0 Å². The second-order valence-electron chi connectivity index (χ2n) is 2.26. The van der Waals surface area contributed by atoms with E-state index >= 15 is 0 Å². The lowest BCUT2D eigenvalue weighted by Crippen LogP contribution is -2.14. The van der Waals surface area contributed by atoms with E-state index in [1.54, 1.807) is 0 Å². The van der Waals surface area contributed by atoms with Gasteiger partial charge in [-0.15, -0.1) is 12.4 Å². The van der Waals surface area contributed by atoms with Crippen molar-refractivity contribution in [1.82, 2.24) is 0 Å². The van der Waals surface area contributed by atoms with E-state index in [1.807, 2.05) is 12.3 Å². The molecule has 0 radical (unpaired) electrons. The Morgan fingerprint density at radius 3 is 3.10 bits per heavy atom. The molecule has 54 valence electrons. The number of fused-ring (bicyclic) bond motifs is 1. The Balaban J connectivity index is 0.000000500. The molecule has 0 unspecified atom stereocenters. The number of halogens is 1. The highest BCUT2D eigenvalue weighted by Crippen LogP contribution is 2.09. The van der Waals surface area contributed by atoms with Gasteiger partial charge in [0, 0.05) is 12.7 Å². The molecule has 0 aromatic heterocycles. The topological polar surface area (TPSA) is 24.7 Å². The summed E-state index contributed by atoms with van der Waals surface area (Å²) in [6.45, 7) is 0.985. The van der Waals surface area contributed by atoms with Gasteiger partial charge in [-0.3, -0.25) is 9.98 Å². The van der Waals surface area contributed by atoms with Crippen LogP contribution in [-0.2, 0) is 0 Å². The number of allylic oxidation sites excluding steroid dienone is 1. The molecule has 0 aliphatic carbocycles. The number of rotatable bonds is 0. The van der Waals surface area contributed by atoms with Gasteiger partial charge in [0.1, 0.15) is 0 Å². The Morgan fingerprint density at radius 2 is 2.30 bits per heavy atom. The molecule has 2 rings (SSSR count). The second kappa shape index (κ2) is 2.97. The lowest BCUT2D eigenvalue weighted by Gasteiger charge is -2.06. The van der Waals surface area contributed by atoms with Gasteiger partial charge < -0.3 is 0 Å². The predicted molar refractivity (Wildman–Crippen MR) is 45.4 cm³/mol. The summed E-state index contributed by atoms with van der Waals surface area (Å²) >= 11 is 0. The van der Waals surface area contributed by atoms with Crippen molar-refractivity contribution in [2.45, 2.75) is 12.8 Å². The SMILES string of the molecule is C1=CC2=NCCCC2=N1.Cl. The molecule has 0 amide bonds. The van der Waals surface area contributed by atoms with Gasteiger partial charge in [0.2, 0.25) is 0 Å². The molecule has 0 aromatic carbocycles. The van der Waals surface area contributed by atoms with Crippen molar-refractivity contribution >= 4 is 23.8 Å². The van der Waals surface area contributed by atoms with Crippen LogP contribution in [0.15, 0.2) is 22.3 Å². The summed E-state index contributed by atoms with van der Waals surface area (Å²) in [7, 11) is 0. The van der Waals surface area contributed by atoms with Crippen LogP contribution in [0.1, 0.15) is 12.8 Å². The lowest BCUT2D eigenvalue weighted by atomic mass is 10.1. The summed E-state index contributed by atoms with van der Waals surface area (Å²) < 4.78 is 0. The van der Waals surface area contributed by atoms with Gasteiger partial charge in [-0.05, 0) is 18.9 Å². The maximum Gasteiger partial charge on any atom is 0.0804 e. The summed E-state index contributed by atoms with van der Waals surface area (Å²) in [6, 6.07) is 0. The molecule has 0 spiro atoms. The first-order valence-corrected chi connectivity index (χ1v) is 3.25. The van der Waals surface area contributed by atoms with Gasteiger partial charge in [0.15, 0.2) is 0 Å². The van der Waals surface area contributed by atoms with E-state index in [2.05, 4.69) is 9.98 Å². The van der Waals surface area contributed by atoms with Gasteiger partial charge >= 0.3 is 0 Å². The number of nitrogens with zero attached hydrogens (tertiary/aromatic N) is 2. The van der Waals surface area contributed by atoms with Crippen molar-refractivity contribution < 1.29 is 0 Å². The summed E-state index contributed by atoms with van der Waals surface area (Å²) in [5, 5.41) is 0. The normalized spacial score (nSPS) is 20.8. The maximum atomic E-state index is 4.29. The average molecular weight is 157 g/mol. The van der Waals surface area contributed by atoms with E-state index < -0.39 is 0 Å². The third-order valence-electron chi connectivity index (χ3n) is 1.61. The molecule has 2 aliphatic heterocycles. The molecule has 0 N–H and O–H groups in total. The molecule has 0 atom stereocenters. The van der Waals surface area contributed by atoms with Crippen molar-refractivity contribution in [2.75, 3.05) is 6.54 Å².